The Balaban J connectivity index is 2.04. The van der Waals surface area contributed by atoms with E-state index in [4.69, 9.17) is 17.3 Å². The number of hydrogen-bond acceptors (Lipinski definition) is 5. The molecule has 0 saturated heterocycles. The van der Waals surface area contributed by atoms with Crippen molar-refractivity contribution in [2.45, 2.75) is 0 Å². The number of hydrogen-bond donors (Lipinski definition) is 4. The van der Waals surface area contributed by atoms with Gasteiger partial charge in [-0.2, -0.15) is 0 Å². The monoisotopic (exact) mass is 421 g/mol. The predicted octanol–water partition coefficient (Wildman–Crippen LogP) is 2.82. The van der Waals surface area contributed by atoms with Crippen molar-refractivity contribution in [3.63, 3.8) is 0 Å². The van der Waals surface area contributed by atoms with Crippen molar-refractivity contribution in [1.29, 1.82) is 0 Å². The van der Waals surface area contributed by atoms with E-state index in [2.05, 4.69) is 23.4 Å². The van der Waals surface area contributed by atoms with Crippen LogP contribution in [0.3, 0.4) is 0 Å². The zero-order chi connectivity index (χ0) is 20.8. The van der Waals surface area contributed by atoms with Crippen molar-refractivity contribution in [2.75, 3.05) is 35.6 Å². The van der Waals surface area contributed by atoms with Crippen LogP contribution in [0.5, 0.6) is 0 Å². The molecule has 0 bridgehead atoms. The summed E-state index contributed by atoms with van der Waals surface area (Å²) in [4.78, 5) is 37.0. The summed E-state index contributed by atoms with van der Waals surface area (Å²) >= 11 is 10.3. The normalized spacial score (nSPS) is 10.5. The van der Waals surface area contributed by atoms with Crippen molar-refractivity contribution in [2.24, 2.45) is 5.73 Å². The summed E-state index contributed by atoms with van der Waals surface area (Å²) in [5.41, 5.74) is 6.83. The molecule has 0 atom stereocenters. The van der Waals surface area contributed by atoms with Crippen LogP contribution in [0.2, 0.25) is 5.02 Å². The molecular formula is C18H20ClN5O3S. The maximum Gasteiger partial charge on any atom is 0.336 e. The maximum atomic E-state index is 12.4. The number of carbonyl (C=O) groups excluding carboxylic acids is 3. The average Bonchev–Trinajstić information content (AvgIpc) is 2.62. The Bertz CT molecular complexity index is 889. The first-order valence-corrected chi connectivity index (χ1v) is 8.89. The van der Waals surface area contributed by atoms with Gasteiger partial charge in [-0.1, -0.05) is 24.4 Å². The van der Waals surface area contributed by atoms with Gasteiger partial charge >= 0.3 is 6.03 Å². The van der Waals surface area contributed by atoms with E-state index < -0.39 is 11.9 Å². The number of carbonyl (C=O) groups is 3. The number of nitrogens with zero attached hydrogens (tertiary/aromatic N) is 2. The summed E-state index contributed by atoms with van der Waals surface area (Å²) < 4.78 is 1.07. The minimum Gasteiger partial charge on any atom is -0.366 e. The second kappa shape index (κ2) is 9.45. The Kier molecular flexibility index (Phi) is 7.27. The lowest BCUT2D eigenvalue weighted by molar-refractivity contribution is -0.116. The van der Waals surface area contributed by atoms with Gasteiger partial charge in [0.1, 0.15) is 0 Å². The number of amides is 4. The standard InChI is InChI=1S/C18H20ClN5O3S/c1-23(2)10-16(25)22-15-8-5-12(9-14(15)19)21-18(27)24(28)13-6-3-11(4-7-13)17(20)26/h3-9,28H,10H2,1-2H3,(H2,20,26)(H,21,27)(H,22,25). The van der Waals surface area contributed by atoms with E-state index in [0.29, 0.717) is 22.6 Å². The molecule has 0 aliphatic carbocycles. The molecular weight excluding hydrogens is 402 g/mol. The van der Waals surface area contributed by atoms with Crippen LogP contribution in [0.25, 0.3) is 0 Å². The number of thiol groups is 1. The summed E-state index contributed by atoms with van der Waals surface area (Å²) in [6.45, 7) is 0.220. The number of rotatable bonds is 6. The van der Waals surface area contributed by atoms with Gasteiger partial charge in [-0.3, -0.25) is 9.59 Å². The number of primary amides is 1. The van der Waals surface area contributed by atoms with Gasteiger partial charge < -0.3 is 21.3 Å². The molecule has 10 heteroatoms. The molecule has 8 nitrogen and oxygen atoms in total. The molecule has 2 aromatic rings. The molecule has 0 fully saturated rings. The van der Waals surface area contributed by atoms with Gasteiger partial charge in [0.25, 0.3) is 0 Å². The van der Waals surface area contributed by atoms with E-state index in [1.165, 1.54) is 18.2 Å². The van der Waals surface area contributed by atoms with Crippen LogP contribution in [0, 0.1) is 0 Å². The SMILES string of the molecule is CN(C)CC(=O)Nc1ccc(NC(=O)N(S)c2ccc(C(N)=O)cc2)cc1Cl. The van der Waals surface area contributed by atoms with Gasteiger partial charge in [-0.05, 0) is 56.6 Å². The lowest BCUT2D eigenvalue weighted by atomic mass is 10.2. The molecule has 0 aliphatic rings. The first-order chi connectivity index (χ1) is 13.2. The summed E-state index contributed by atoms with van der Waals surface area (Å²) in [7, 11) is 3.56. The molecule has 0 aliphatic heterocycles. The van der Waals surface area contributed by atoms with Gasteiger partial charge in [-0.25, -0.2) is 9.10 Å². The topological polar surface area (TPSA) is 108 Å². The molecule has 2 aromatic carbocycles. The quantitative estimate of drug-likeness (QED) is 0.538. The predicted molar refractivity (Wildman–Crippen MR) is 114 cm³/mol. The maximum absolute atomic E-state index is 12.4. The van der Waals surface area contributed by atoms with E-state index in [0.717, 1.165) is 4.31 Å². The minimum atomic E-state index is -0.561. The Hall–Kier alpha value is -2.75. The first-order valence-electron chi connectivity index (χ1n) is 8.11. The molecule has 0 saturated carbocycles. The van der Waals surface area contributed by atoms with E-state index in [1.807, 2.05) is 0 Å². The Morgan fingerprint density at radius 3 is 2.25 bits per heavy atom. The van der Waals surface area contributed by atoms with Crippen LogP contribution in [0.15, 0.2) is 42.5 Å². The summed E-state index contributed by atoms with van der Waals surface area (Å²) in [5.74, 6) is -0.765. The fourth-order valence-corrected chi connectivity index (χ4v) is 2.64. The molecule has 28 heavy (non-hydrogen) atoms. The van der Waals surface area contributed by atoms with Crippen molar-refractivity contribution in [1.82, 2.24) is 4.90 Å². The van der Waals surface area contributed by atoms with Crippen LogP contribution >= 0.6 is 24.4 Å². The zero-order valence-corrected chi connectivity index (χ0v) is 16.9. The highest BCUT2D eigenvalue weighted by molar-refractivity contribution is 7.82. The Morgan fingerprint density at radius 2 is 1.71 bits per heavy atom. The van der Waals surface area contributed by atoms with Gasteiger partial charge in [0.05, 0.1) is 22.9 Å². The smallest absolute Gasteiger partial charge is 0.336 e. The fourth-order valence-electron chi connectivity index (χ4n) is 2.23. The lowest BCUT2D eigenvalue weighted by Crippen LogP contribution is -2.27. The molecule has 0 aromatic heterocycles. The second-order valence-corrected chi connectivity index (χ2v) is 6.94. The van der Waals surface area contributed by atoms with Crippen molar-refractivity contribution in [3.8, 4) is 0 Å². The van der Waals surface area contributed by atoms with Crippen molar-refractivity contribution < 1.29 is 14.4 Å². The number of likely N-dealkylation sites (N-methyl/N-ethyl adjacent to an activating group) is 1. The van der Waals surface area contributed by atoms with Gasteiger partial charge in [0.15, 0.2) is 0 Å². The third-order valence-corrected chi connectivity index (χ3v) is 4.27. The van der Waals surface area contributed by atoms with Crippen molar-refractivity contribution in [3.05, 3.63) is 53.1 Å². The molecule has 0 heterocycles. The first kappa shape index (κ1) is 21.5. The highest BCUT2D eigenvalue weighted by Crippen LogP contribution is 2.26. The number of halogens is 1. The molecule has 2 rings (SSSR count). The van der Waals surface area contributed by atoms with E-state index in [9.17, 15) is 14.4 Å². The summed E-state index contributed by atoms with van der Waals surface area (Å²) in [5, 5.41) is 5.62. The Labute approximate surface area is 173 Å². The average molecular weight is 422 g/mol. The minimum absolute atomic E-state index is 0.204. The molecule has 148 valence electrons. The number of nitrogens with two attached hydrogens (primary N) is 1. The fraction of sp³-hybridized carbons (Fsp3) is 0.167. The molecule has 0 unspecified atom stereocenters. The molecule has 4 amide bonds. The highest BCUT2D eigenvalue weighted by Gasteiger charge is 2.14. The lowest BCUT2D eigenvalue weighted by Gasteiger charge is -2.17. The Morgan fingerprint density at radius 1 is 1.07 bits per heavy atom. The van der Waals surface area contributed by atoms with E-state index >= 15 is 0 Å². The van der Waals surface area contributed by atoms with Crippen molar-refractivity contribution >= 4 is 59.3 Å². The highest BCUT2D eigenvalue weighted by atomic mass is 35.5. The summed E-state index contributed by atoms with van der Waals surface area (Å²) in [6, 6.07) is 10.3. The second-order valence-electron chi connectivity index (χ2n) is 6.13. The third kappa shape index (κ3) is 5.88. The third-order valence-electron chi connectivity index (χ3n) is 3.54. The van der Waals surface area contributed by atoms with E-state index in [1.54, 1.807) is 43.3 Å². The van der Waals surface area contributed by atoms with Crippen LogP contribution in [-0.4, -0.2) is 43.4 Å². The van der Waals surface area contributed by atoms with E-state index in [-0.39, 0.29) is 17.5 Å². The number of anilines is 3. The van der Waals surface area contributed by atoms with Gasteiger partial charge in [-0.15, -0.1) is 0 Å². The molecule has 0 radical (unpaired) electrons. The summed E-state index contributed by atoms with van der Waals surface area (Å²) in [6.07, 6.45) is 0. The van der Waals surface area contributed by atoms with Gasteiger partial charge in [0.2, 0.25) is 11.8 Å². The number of nitrogens with one attached hydrogen (secondary N) is 2. The van der Waals surface area contributed by atoms with Gasteiger partial charge in [0, 0.05) is 11.3 Å². The van der Waals surface area contributed by atoms with Crippen LogP contribution in [0.4, 0.5) is 21.9 Å². The number of urea groups is 1. The zero-order valence-electron chi connectivity index (χ0n) is 15.3. The molecule has 4 N–H and O–H groups in total. The number of benzene rings is 2. The largest absolute Gasteiger partial charge is 0.366 e. The van der Waals surface area contributed by atoms with Crippen LogP contribution in [-0.2, 0) is 4.79 Å². The van der Waals surface area contributed by atoms with Crippen LogP contribution < -0.4 is 20.7 Å². The molecule has 0 spiro atoms. The van der Waals surface area contributed by atoms with Crippen LogP contribution in [0.1, 0.15) is 10.4 Å².